The van der Waals surface area contributed by atoms with Crippen LogP contribution in [-0.2, 0) is 0 Å². The summed E-state index contributed by atoms with van der Waals surface area (Å²) in [6.07, 6.45) is 2.34. The second kappa shape index (κ2) is 4.98. The molecule has 1 unspecified atom stereocenters. The smallest absolute Gasteiger partial charge is 0.244 e. The number of hydrogen-bond donors (Lipinski definition) is 1. The maximum absolute atomic E-state index is 5.47. The Morgan fingerprint density at radius 1 is 1.30 bits per heavy atom. The van der Waals surface area contributed by atoms with Crippen LogP contribution in [0.2, 0.25) is 0 Å². The van der Waals surface area contributed by atoms with E-state index in [9.17, 15) is 0 Å². The highest BCUT2D eigenvalue weighted by molar-refractivity contribution is 5.48. The van der Waals surface area contributed by atoms with Crippen LogP contribution >= 0.6 is 0 Å². The summed E-state index contributed by atoms with van der Waals surface area (Å²) in [6, 6.07) is 5.93. The molecule has 0 aliphatic carbocycles. The van der Waals surface area contributed by atoms with E-state index in [1.807, 2.05) is 25.1 Å². The third-order valence-corrected chi connectivity index (χ3v) is 3.93. The quantitative estimate of drug-likeness (QED) is 0.910. The lowest BCUT2D eigenvalue weighted by atomic mass is 9.77. The maximum Gasteiger partial charge on any atom is 0.244 e. The van der Waals surface area contributed by atoms with E-state index < -0.39 is 0 Å². The highest BCUT2D eigenvalue weighted by Gasteiger charge is 2.37. The number of hydrogen-bond acceptors (Lipinski definition) is 5. The Bertz CT molecular complexity index is 605. The molecule has 1 N–H and O–H groups in total. The minimum atomic E-state index is 0.113. The average molecular weight is 272 g/mol. The Morgan fingerprint density at radius 2 is 2.15 bits per heavy atom. The van der Waals surface area contributed by atoms with Crippen LogP contribution in [0.3, 0.4) is 0 Å². The Balaban J connectivity index is 1.90. The molecule has 2 aromatic heterocycles. The molecule has 1 fully saturated rings. The van der Waals surface area contributed by atoms with Crippen molar-refractivity contribution in [3.05, 3.63) is 29.8 Å². The van der Waals surface area contributed by atoms with Gasteiger partial charge in [0.05, 0.1) is 6.04 Å². The van der Waals surface area contributed by atoms with Gasteiger partial charge in [-0.15, -0.1) is 0 Å². The number of aromatic nitrogens is 3. The summed E-state index contributed by atoms with van der Waals surface area (Å²) >= 11 is 0. The van der Waals surface area contributed by atoms with Gasteiger partial charge in [0.25, 0.3) is 0 Å². The highest BCUT2D eigenvalue weighted by Crippen LogP contribution is 2.39. The Labute approximate surface area is 118 Å². The van der Waals surface area contributed by atoms with Gasteiger partial charge in [-0.25, -0.2) is 4.98 Å². The van der Waals surface area contributed by atoms with Crippen molar-refractivity contribution in [1.82, 2.24) is 20.4 Å². The summed E-state index contributed by atoms with van der Waals surface area (Å²) in [5, 5.41) is 7.56. The summed E-state index contributed by atoms with van der Waals surface area (Å²) in [4.78, 5) is 8.97. The summed E-state index contributed by atoms with van der Waals surface area (Å²) in [5.74, 6) is 1.22. The Hall–Kier alpha value is -1.75. The van der Waals surface area contributed by atoms with E-state index in [4.69, 9.17) is 4.52 Å². The second-order valence-electron chi connectivity index (χ2n) is 6.10. The van der Waals surface area contributed by atoms with E-state index in [0.717, 1.165) is 24.4 Å². The average Bonchev–Trinajstić information content (AvgIpc) is 2.87. The van der Waals surface area contributed by atoms with E-state index in [-0.39, 0.29) is 11.5 Å². The fourth-order valence-corrected chi connectivity index (χ4v) is 2.76. The van der Waals surface area contributed by atoms with Gasteiger partial charge in [0.1, 0.15) is 5.69 Å². The lowest BCUT2D eigenvalue weighted by molar-refractivity contribution is 0.146. The molecule has 3 rings (SSSR count). The number of pyridine rings is 1. The largest absolute Gasteiger partial charge is 0.337 e. The first kappa shape index (κ1) is 13.2. The molecule has 1 saturated heterocycles. The van der Waals surface area contributed by atoms with Gasteiger partial charge in [0.15, 0.2) is 0 Å². The minimum Gasteiger partial charge on any atom is -0.337 e. The molecular weight excluding hydrogens is 252 g/mol. The first-order chi connectivity index (χ1) is 9.56. The molecule has 1 aliphatic rings. The molecular formula is C15H20N4O. The van der Waals surface area contributed by atoms with Crippen LogP contribution in [0.25, 0.3) is 11.5 Å². The van der Waals surface area contributed by atoms with Crippen molar-refractivity contribution in [3.8, 4) is 11.5 Å². The number of nitrogens with zero attached hydrogens (tertiary/aromatic N) is 3. The van der Waals surface area contributed by atoms with E-state index >= 15 is 0 Å². The monoisotopic (exact) mass is 272 g/mol. The number of rotatable bonds is 2. The maximum atomic E-state index is 5.47. The van der Waals surface area contributed by atoms with Crippen molar-refractivity contribution in [2.75, 3.05) is 6.54 Å². The van der Waals surface area contributed by atoms with Crippen molar-refractivity contribution in [2.45, 2.75) is 39.7 Å². The predicted molar refractivity (Wildman–Crippen MR) is 76.0 cm³/mol. The van der Waals surface area contributed by atoms with Gasteiger partial charge >= 0.3 is 0 Å². The predicted octanol–water partition coefficient (Wildman–Crippen LogP) is 2.89. The topological polar surface area (TPSA) is 63.8 Å². The zero-order chi connectivity index (χ0) is 14.2. The molecule has 106 valence electrons. The fourth-order valence-electron chi connectivity index (χ4n) is 2.76. The van der Waals surface area contributed by atoms with Gasteiger partial charge < -0.3 is 9.84 Å². The third-order valence-electron chi connectivity index (χ3n) is 3.93. The molecule has 0 aromatic carbocycles. The molecule has 0 amide bonds. The van der Waals surface area contributed by atoms with Gasteiger partial charge in [0, 0.05) is 5.69 Å². The molecule has 5 nitrogen and oxygen atoms in total. The normalized spacial score (nSPS) is 21.9. The van der Waals surface area contributed by atoms with Gasteiger partial charge in [-0.1, -0.05) is 25.1 Å². The van der Waals surface area contributed by atoms with Crippen LogP contribution in [0.4, 0.5) is 0 Å². The molecule has 1 aliphatic heterocycles. The van der Waals surface area contributed by atoms with Crippen LogP contribution in [0, 0.1) is 12.3 Å². The molecule has 2 aromatic rings. The third kappa shape index (κ3) is 2.45. The molecule has 5 heteroatoms. The fraction of sp³-hybridized carbons (Fsp3) is 0.533. The number of nitrogens with one attached hydrogen (secondary N) is 1. The zero-order valence-corrected chi connectivity index (χ0v) is 12.2. The number of piperidine rings is 1. The summed E-state index contributed by atoms with van der Waals surface area (Å²) in [7, 11) is 0. The summed E-state index contributed by atoms with van der Waals surface area (Å²) in [6.45, 7) is 7.42. The minimum absolute atomic E-state index is 0.113. The van der Waals surface area contributed by atoms with Crippen molar-refractivity contribution in [1.29, 1.82) is 0 Å². The molecule has 3 heterocycles. The highest BCUT2D eigenvalue weighted by atomic mass is 16.5. The van der Waals surface area contributed by atoms with Crippen LogP contribution in [-0.4, -0.2) is 21.7 Å². The van der Waals surface area contributed by atoms with Gasteiger partial charge in [-0.2, -0.15) is 4.98 Å². The van der Waals surface area contributed by atoms with Crippen LogP contribution in [0.1, 0.15) is 44.3 Å². The van der Waals surface area contributed by atoms with Gasteiger partial charge in [0.2, 0.25) is 11.7 Å². The molecule has 1 atom stereocenters. The van der Waals surface area contributed by atoms with Gasteiger partial charge in [-0.05, 0) is 43.9 Å². The Kier molecular flexibility index (Phi) is 3.30. The van der Waals surface area contributed by atoms with Crippen LogP contribution in [0.5, 0.6) is 0 Å². The Morgan fingerprint density at radius 3 is 2.90 bits per heavy atom. The van der Waals surface area contributed by atoms with E-state index in [0.29, 0.717) is 11.7 Å². The first-order valence-corrected chi connectivity index (χ1v) is 7.07. The molecule has 0 saturated carbocycles. The summed E-state index contributed by atoms with van der Waals surface area (Å²) < 4.78 is 5.47. The van der Waals surface area contributed by atoms with Crippen LogP contribution in [0.15, 0.2) is 22.7 Å². The van der Waals surface area contributed by atoms with E-state index in [1.54, 1.807) is 0 Å². The van der Waals surface area contributed by atoms with Crippen molar-refractivity contribution in [2.24, 2.45) is 5.41 Å². The summed E-state index contributed by atoms with van der Waals surface area (Å²) in [5.41, 5.74) is 1.83. The lowest BCUT2D eigenvalue weighted by Crippen LogP contribution is -2.39. The number of aryl methyl sites for hydroxylation is 1. The second-order valence-corrected chi connectivity index (χ2v) is 6.10. The molecule has 20 heavy (non-hydrogen) atoms. The zero-order valence-electron chi connectivity index (χ0n) is 12.2. The molecule has 0 bridgehead atoms. The van der Waals surface area contributed by atoms with Gasteiger partial charge in [-0.3, -0.25) is 0 Å². The molecule has 0 radical (unpaired) electrons. The van der Waals surface area contributed by atoms with Crippen molar-refractivity contribution < 1.29 is 4.52 Å². The first-order valence-electron chi connectivity index (χ1n) is 7.07. The van der Waals surface area contributed by atoms with Crippen molar-refractivity contribution >= 4 is 0 Å². The van der Waals surface area contributed by atoms with Crippen molar-refractivity contribution in [3.63, 3.8) is 0 Å². The van der Waals surface area contributed by atoms with Crippen LogP contribution < -0.4 is 5.32 Å². The SMILES string of the molecule is Cc1cccc(-c2noc(C3NCCCC3(C)C)n2)n1. The lowest BCUT2D eigenvalue weighted by Gasteiger charge is -2.36. The van der Waals surface area contributed by atoms with E-state index in [2.05, 4.69) is 34.3 Å². The standard InChI is InChI=1S/C15H20N4O/c1-10-6-4-7-11(17-10)13-18-14(20-19-13)12-15(2,3)8-5-9-16-12/h4,6-7,12,16H,5,8-9H2,1-3H3. The molecule has 0 spiro atoms. The van der Waals surface area contributed by atoms with E-state index in [1.165, 1.54) is 6.42 Å².